The van der Waals surface area contributed by atoms with Crippen molar-refractivity contribution < 1.29 is 0 Å². The number of hydrogen-bond acceptors (Lipinski definition) is 3. The smallest absolute Gasteiger partial charge is 0.0224 e. The van der Waals surface area contributed by atoms with Crippen LogP contribution >= 0.6 is 0 Å². The van der Waals surface area contributed by atoms with E-state index in [2.05, 4.69) is 28.7 Å². The van der Waals surface area contributed by atoms with E-state index in [0.717, 1.165) is 30.2 Å². The Morgan fingerprint density at radius 1 is 0.857 bits per heavy atom. The molecule has 0 saturated carbocycles. The Morgan fingerprint density at radius 3 is 2.29 bits per heavy atom. The van der Waals surface area contributed by atoms with Crippen molar-refractivity contribution in [2.75, 3.05) is 26.7 Å². The van der Waals surface area contributed by atoms with Gasteiger partial charge in [-0.15, -0.1) is 0 Å². The zero-order valence-electron chi connectivity index (χ0n) is 14.0. The second kappa shape index (κ2) is 5.82. The van der Waals surface area contributed by atoms with Crippen molar-refractivity contribution in [1.29, 1.82) is 0 Å². The summed E-state index contributed by atoms with van der Waals surface area (Å²) >= 11 is 0. The van der Waals surface area contributed by atoms with Crippen LogP contribution in [-0.2, 0) is 0 Å². The van der Waals surface area contributed by atoms with Gasteiger partial charge in [-0.2, -0.15) is 0 Å². The van der Waals surface area contributed by atoms with Gasteiger partial charge in [-0.05, 0) is 58.5 Å². The molecule has 2 bridgehead atoms. The van der Waals surface area contributed by atoms with Crippen molar-refractivity contribution in [2.24, 2.45) is 0 Å². The summed E-state index contributed by atoms with van der Waals surface area (Å²) in [4.78, 5) is 8.47. The Morgan fingerprint density at radius 2 is 1.57 bits per heavy atom. The molecule has 0 aliphatic carbocycles. The summed E-state index contributed by atoms with van der Waals surface area (Å²) in [7, 11) is 2.39. The van der Waals surface area contributed by atoms with Crippen LogP contribution in [0.1, 0.15) is 58.3 Å². The van der Waals surface area contributed by atoms with Crippen LogP contribution in [0.3, 0.4) is 0 Å². The highest BCUT2D eigenvalue weighted by Gasteiger charge is 2.43. The summed E-state index contributed by atoms with van der Waals surface area (Å²) < 4.78 is 0. The fourth-order valence-corrected chi connectivity index (χ4v) is 5.78. The quantitative estimate of drug-likeness (QED) is 0.774. The second-order valence-corrected chi connectivity index (χ2v) is 8.08. The van der Waals surface area contributed by atoms with Gasteiger partial charge in [-0.3, -0.25) is 9.80 Å². The molecule has 0 aromatic heterocycles. The highest BCUT2D eigenvalue weighted by molar-refractivity contribution is 5.00. The van der Waals surface area contributed by atoms with Gasteiger partial charge < -0.3 is 4.90 Å². The molecule has 4 atom stereocenters. The van der Waals surface area contributed by atoms with Gasteiger partial charge in [0.15, 0.2) is 0 Å². The molecular formula is C18H33N3. The minimum atomic E-state index is 0.827. The lowest BCUT2D eigenvalue weighted by molar-refractivity contribution is -0.0403. The predicted octanol–water partition coefficient (Wildman–Crippen LogP) is 2.56. The molecule has 0 aromatic carbocycles. The first-order valence-electron chi connectivity index (χ1n) is 9.48. The molecule has 4 heterocycles. The van der Waals surface area contributed by atoms with Crippen LogP contribution in [0, 0.1) is 0 Å². The molecule has 3 heteroatoms. The molecule has 21 heavy (non-hydrogen) atoms. The molecule has 3 nitrogen and oxygen atoms in total. The number of piperidine rings is 2. The fourth-order valence-electron chi connectivity index (χ4n) is 5.78. The van der Waals surface area contributed by atoms with E-state index >= 15 is 0 Å². The van der Waals surface area contributed by atoms with Crippen molar-refractivity contribution in [3.05, 3.63) is 0 Å². The van der Waals surface area contributed by atoms with Gasteiger partial charge in [-0.25, -0.2) is 0 Å². The fraction of sp³-hybridized carbons (Fsp3) is 1.00. The van der Waals surface area contributed by atoms with Gasteiger partial charge in [-0.1, -0.05) is 13.3 Å². The number of fused-ring (bicyclic) bond motifs is 3. The lowest BCUT2D eigenvalue weighted by atomic mass is 9.80. The molecule has 4 unspecified atom stereocenters. The van der Waals surface area contributed by atoms with Crippen LogP contribution in [0.2, 0.25) is 0 Å². The Balaban J connectivity index is 1.49. The summed E-state index contributed by atoms with van der Waals surface area (Å²) in [6.45, 7) is 6.49. The lowest BCUT2D eigenvalue weighted by Gasteiger charge is -2.54. The van der Waals surface area contributed by atoms with Crippen LogP contribution in [0.25, 0.3) is 0 Å². The molecule has 0 N–H and O–H groups in total. The molecule has 0 amide bonds. The summed E-state index contributed by atoms with van der Waals surface area (Å²) in [5.74, 6) is 0. The number of piperazine rings is 1. The average molecular weight is 291 g/mol. The van der Waals surface area contributed by atoms with Crippen LogP contribution in [0.5, 0.6) is 0 Å². The van der Waals surface area contributed by atoms with Gasteiger partial charge in [0.25, 0.3) is 0 Å². The first-order valence-corrected chi connectivity index (χ1v) is 9.48. The van der Waals surface area contributed by atoms with Crippen LogP contribution < -0.4 is 0 Å². The van der Waals surface area contributed by atoms with Crippen molar-refractivity contribution in [3.8, 4) is 0 Å². The topological polar surface area (TPSA) is 9.72 Å². The number of hydrogen-bond donors (Lipinski definition) is 0. The highest BCUT2D eigenvalue weighted by Crippen LogP contribution is 2.37. The summed E-state index contributed by atoms with van der Waals surface area (Å²) in [6, 6.07) is 4.34. The number of rotatable bonds is 2. The zero-order valence-corrected chi connectivity index (χ0v) is 14.0. The zero-order chi connectivity index (χ0) is 14.4. The monoisotopic (exact) mass is 291 g/mol. The molecule has 0 aromatic rings. The molecule has 0 radical (unpaired) electrons. The van der Waals surface area contributed by atoms with Crippen LogP contribution in [0.4, 0.5) is 0 Å². The Hall–Kier alpha value is -0.120. The first-order chi connectivity index (χ1) is 10.3. The van der Waals surface area contributed by atoms with E-state index in [0.29, 0.717) is 0 Å². The van der Waals surface area contributed by atoms with E-state index in [4.69, 9.17) is 0 Å². The second-order valence-electron chi connectivity index (χ2n) is 8.08. The molecular weight excluding hydrogens is 258 g/mol. The molecule has 120 valence electrons. The number of nitrogens with zero attached hydrogens (tertiary/aromatic N) is 3. The van der Waals surface area contributed by atoms with E-state index < -0.39 is 0 Å². The van der Waals surface area contributed by atoms with E-state index in [1.165, 1.54) is 71.0 Å². The SMILES string of the molecule is CCC1CN2CCCC2CN1C1CC2CCCC(C1)N2C. The Kier molecular flexibility index (Phi) is 4.01. The highest BCUT2D eigenvalue weighted by atomic mass is 15.3. The molecule has 4 saturated heterocycles. The maximum Gasteiger partial charge on any atom is 0.0224 e. The minimum Gasteiger partial charge on any atom is -0.300 e. The largest absolute Gasteiger partial charge is 0.300 e. The molecule has 0 spiro atoms. The van der Waals surface area contributed by atoms with Gasteiger partial charge in [0, 0.05) is 43.3 Å². The van der Waals surface area contributed by atoms with Crippen molar-refractivity contribution in [1.82, 2.24) is 14.7 Å². The van der Waals surface area contributed by atoms with E-state index in [1.54, 1.807) is 0 Å². The van der Waals surface area contributed by atoms with Gasteiger partial charge >= 0.3 is 0 Å². The summed E-state index contributed by atoms with van der Waals surface area (Å²) in [5, 5.41) is 0. The van der Waals surface area contributed by atoms with Crippen LogP contribution in [0.15, 0.2) is 0 Å². The van der Waals surface area contributed by atoms with Gasteiger partial charge in [0.2, 0.25) is 0 Å². The average Bonchev–Trinajstić information content (AvgIpc) is 2.92. The van der Waals surface area contributed by atoms with Crippen LogP contribution in [-0.4, -0.2) is 71.6 Å². The molecule has 4 aliphatic rings. The first kappa shape index (κ1) is 14.5. The van der Waals surface area contributed by atoms with Crippen molar-refractivity contribution >= 4 is 0 Å². The third-order valence-corrected chi connectivity index (χ3v) is 7.09. The lowest BCUT2D eigenvalue weighted by Crippen LogP contribution is -2.63. The maximum absolute atomic E-state index is 2.96. The third kappa shape index (κ3) is 2.55. The Labute approximate surface area is 130 Å². The van der Waals surface area contributed by atoms with Crippen molar-refractivity contribution in [3.63, 3.8) is 0 Å². The van der Waals surface area contributed by atoms with Crippen molar-refractivity contribution in [2.45, 2.75) is 88.5 Å². The minimum absolute atomic E-state index is 0.827. The maximum atomic E-state index is 2.96. The molecule has 4 aliphatic heterocycles. The molecule has 4 fully saturated rings. The Bertz CT molecular complexity index is 357. The predicted molar refractivity (Wildman–Crippen MR) is 87.6 cm³/mol. The summed E-state index contributed by atoms with van der Waals surface area (Å²) in [6.07, 6.45) is 11.5. The van der Waals surface area contributed by atoms with E-state index in [1.807, 2.05) is 0 Å². The third-order valence-electron chi connectivity index (χ3n) is 7.09. The van der Waals surface area contributed by atoms with E-state index in [-0.39, 0.29) is 0 Å². The summed E-state index contributed by atoms with van der Waals surface area (Å²) in [5.41, 5.74) is 0. The molecule has 4 rings (SSSR count). The van der Waals surface area contributed by atoms with Gasteiger partial charge in [0.1, 0.15) is 0 Å². The standard InChI is InChI=1S/C18H33N3/c1-3-14-12-20-9-5-8-17(20)13-21(14)18-10-15-6-4-7-16(11-18)19(15)2/h14-18H,3-13H2,1-2H3. The van der Waals surface area contributed by atoms with Gasteiger partial charge in [0.05, 0.1) is 0 Å². The normalized spacial score (nSPS) is 45.7. The van der Waals surface area contributed by atoms with E-state index in [9.17, 15) is 0 Å².